The van der Waals surface area contributed by atoms with Crippen LogP contribution in [0.4, 0.5) is 5.69 Å². The van der Waals surface area contributed by atoms with E-state index in [1.807, 2.05) is 54.6 Å². The standard InChI is InChI=1S/C24H19N5O3/c25-21(30)8-9-22(31)27-17-7-3-6-16(10-17)23-18(13-26-29-23)24-28-19-11-14-4-1-2-5-15(14)12-20(19)32-24/h1-7,10-13H,8-9H2,(H2,25,30)(H,26,29)(H,27,31). The SMILES string of the molecule is NC(=O)CCC(=O)Nc1cccc(-c2[nH]ncc2-c2nc3cc4ccccc4cc3o2)c1. The molecule has 0 radical (unpaired) electrons. The van der Waals surface area contributed by atoms with Crippen LogP contribution in [0.2, 0.25) is 0 Å². The number of rotatable bonds is 6. The maximum atomic E-state index is 12.0. The number of nitrogens with one attached hydrogen (secondary N) is 2. The van der Waals surface area contributed by atoms with E-state index in [-0.39, 0.29) is 18.7 Å². The van der Waals surface area contributed by atoms with Crippen molar-refractivity contribution in [2.24, 2.45) is 5.73 Å². The van der Waals surface area contributed by atoms with Crippen molar-refractivity contribution in [3.8, 4) is 22.7 Å². The molecule has 0 saturated heterocycles. The average molecular weight is 425 g/mol. The minimum absolute atomic E-state index is 0.00293. The summed E-state index contributed by atoms with van der Waals surface area (Å²) in [6.07, 6.45) is 1.70. The number of carbonyl (C=O) groups excluding carboxylic acids is 2. The van der Waals surface area contributed by atoms with Gasteiger partial charge in [-0.15, -0.1) is 0 Å². The molecule has 2 aromatic heterocycles. The van der Waals surface area contributed by atoms with Crippen LogP contribution in [0.1, 0.15) is 12.8 Å². The quantitative estimate of drug-likeness (QED) is 0.375. The largest absolute Gasteiger partial charge is 0.436 e. The van der Waals surface area contributed by atoms with Gasteiger partial charge >= 0.3 is 0 Å². The summed E-state index contributed by atoms with van der Waals surface area (Å²) in [4.78, 5) is 27.6. The first kappa shape index (κ1) is 19.5. The number of primary amides is 1. The van der Waals surface area contributed by atoms with Gasteiger partial charge in [0.15, 0.2) is 5.58 Å². The van der Waals surface area contributed by atoms with Crippen molar-refractivity contribution in [1.82, 2.24) is 15.2 Å². The lowest BCUT2D eigenvalue weighted by molar-refractivity contribution is -0.122. The van der Waals surface area contributed by atoms with E-state index >= 15 is 0 Å². The minimum Gasteiger partial charge on any atom is -0.436 e. The van der Waals surface area contributed by atoms with Crippen molar-refractivity contribution in [2.45, 2.75) is 12.8 Å². The molecule has 32 heavy (non-hydrogen) atoms. The Morgan fingerprint density at radius 1 is 1.00 bits per heavy atom. The fraction of sp³-hybridized carbons (Fsp3) is 0.0833. The minimum atomic E-state index is -0.512. The number of aromatic nitrogens is 3. The first-order chi connectivity index (χ1) is 15.6. The van der Waals surface area contributed by atoms with Crippen LogP contribution < -0.4 is 11.1 Å². The predicted octanol–water partition coefficient (Wildman–Crippen LogP) is 4.24. The highest BCUT2D eigenvalue weighted by molar-refractivity contribution is 5.96. The lowest BCUT2D eigenvalue weighted by Gasteiger charge is -2.07. The van der Waals surface area contributed by atoms with Gasteiger partial charge in [0.05, 0.1) is 17.5 Å². The number of benzene rings is 3. The zero-order valence-corrected chi connectivity index (χ0v) is 17.0. The number of hydrogen-bond donors (Lipinski definition) is 3. The summed E-state index contributed by atoms with van der Waals surface area (Å²) < 4.78 is 6.05. The number of carbonyl (C=O) groups is 2. The van der Waals surface area contributed by atoms with Crippen molar-refractivity contribution in [3.05, 3.63) is 66.9 Å². The molecule has 5 rings (SSSR count). The van der Waals surface area contributed by atoms with E-state index in [4.69, 9.17) is 10.2 Å². The number of nitrogens with zero attached hydrogens (tertiary/aromatic N) is 2. The van der Waals surface area contributed by atoms with Crippen LogP contribution in [0.25, 0.3) is 44.6 Å². The second kappa shape index (κ2) is 7.99. The maximum absolute atomic E-state index is 12.0. The van der Waals surface area contributed by atoms with Crippen LogP contribution in [0, 0.1) is 0 Å². The molecule has 8 heteroatoms. The number of anilines is 1. The van der Waals surface area contributed by atoms with Crippen LogP contribution in [-0.2, 0) is 9.59 Å². The summed E-state index contributed by atoms with van der Waals surface area (Å²) in [6, 6.07) is 19.3. The van der Waals surface area contributed by atoms with Gasteiger partial charge in [0.2, 0.25) is 17.7 Å². The van der Waals surface area contributed by atoms with Crippen LogP contribution in [-0.4, -0.2) is 27.0 Å². The Morgan fingerprint density at radius 2 is 1.81 bits per heavy atom. The van der Waals surface area contributed by atoms with E-state index in [1.165, 1.54) is 0 Å². The van der Waals surface area contributed by atoms with E-state index in [0.29, 0.717) is 28.4 Å². The fourth-order valence-corrected chi connectivity index (χ4v) is 3.61. The van der Waals surface area contributed by atoms with E-state index in [1.54, 1.807) is 12.3 Å². The number of H-pyrrole nitrogens is 1. The van der Waals surface area contributed by atoms with E-state index in [2.05, 4.69) is 20.5 Å². The van der Waals surface area contributed by atoms with E-state index < -0.39 is 5.91 Å². The van der Waals surface area contributed by atoms with Crippen LogP contribution in [0.3, 0.4) is 0 Å². The zero-order chi connectivity index (χ0) is 22.1. The first-order valence-corrected chi connectivity index (χ1v) is 10.1. The number of aromatic amines is 1. The number of fused-ring (bicyclic) bond motifs is 2. The van der Waals surface area contributed by atoms with E-state index in [9.17, 15) is 9.59 Å². The summed E-state index contributed by atoms with van der Waals surface area (Å²) >= 11 is 0. The highest BCUT2D eigenvalue weighted by Crippen LogP contribution is 2.33. The molecule has 2 heterocycles. The molecular formula is C24H19N5O3. The van der Waals surface area contributed by atoms with Gasteiger partial charge in [0, 0.05) is 24.1 Å². The number of oxazole rings is 1. The van der Waals surface area contributed by atoms with Crippen LogP contribution >= 0.6 is 0 Å². The Bertz CT molecular complexity index is 1410. The zero-order valence-electron chi connectivity index (χ0n) is 17.0. The number of nitrogens with two attached hydrogens (primary N) is 1. The molecule has 0 spiro atoms. The molecule has 3 aromatic carbocycles. The molecule has 0 atom stereocenters. The normalized spacial score (nSPS) is 11.1. The fourth-order valence-electron chi connectivity index (χ4n) is 3.61. The number of hydrogen-bond acceptors (Lipinski definition) is 5. The van der Waals surface area contributed by atoms with Gasteiger partial charge in [-0.25, -0.2) is 4.98 Å². The van der Waals surface area contributed by atoms with Gasteiger partial charge in [-0.1, -0.05) is 36.4 Å². The molecule has 0 bridgehead atoms. The highest BCUT2D eigenvalue weighted by atomic mass is 16.3. The summed E-state index contributed by atoms with van der Waals surface area (Å²) in [5, 5.41) is 12.1. The van der Waals surface area contributed by atoms with Gasteiger partial charge in [-0.2, -0.15) is 5.10 Å². The molecule has 0 aliphatic rings. The number of amides is 2. The second-order valence-corrected chi connectivity index (χ2v) is 7.44. The van der Waals surface area contributed by atoms with Crippen molar-refractivity contribution in [1.29, 1.82) is 0 Å². The molecule has 158 valence electrons. The van der Waals surface area contributed by atoms with Crippen LogP contribution in [0.5, 0.6) is 0 Å². The Morgan fingerprint density at radius 3 is 2.62 bits per heavy atom. The third-order valence-corrected chi connectivity index (χ3v) is 5.16. The maximum Gasteiger partial charge on any atom is 0.231 e. The van der Waals surface area contributed by atoms with Gasteiger partial charge < -0.3 is 15.5 Å². The second-order valence-electron chi connectivity index (χ2n) is 7.44. The lowest BCUT2D eigenvalue weighted by Crippen LogP contribution is -2.17. The van der Waals surface area contributed by atoms with Gasteiger partial charge in [-0.3, -0.25) is 14.7 Å². The van der Waals surface area contributed by atoms with Crippen molar-refractivity contribution >= 4 is 39.4 Å². The molecule has 0 saturated carbocycles. The predicted molar refractivity (Wildman–Crippen MR) is 122 cm³/mol. The average Bonchev–Trinajstić information content (AvgIpc) is 3.43. The van der Waals surface area contributed by atoms with Gasteiger partial charge in [0.1, 0.15) is 5.52 Å². The lowest BCUT2D eigenvalue weighted by atomic mass is 10.1. The summed E-state index contributed by atoms with van der Waals surface area (Å²) in [5.41, 5.74) is 9.40. The Hall–Kier alpha value is -4.46. The molecule has 0 aliphatic carbocycles. The van der Waals surface area contributed by atoms with Gasteiger partial charge in [-0.05, 0) is 35.0 Å². The van der Waals surface area contributed by atoms with Crippen molar-refractivity contribution in [3.63, 3.8) is 0 Å². The van der Waals surface area contributed by atoms with Crippen molar-refractivity contribution in [2.75, 3.05) is 5.32 Å². The first-order valence-electron chi connectivity index (χ1n) is 10.1. The molecule has 2 amide bonds. The monoisotopic (exact) mass is 425 g/mol. The molecule has 4 N–H and O–H groups in total. The Balaban J connectivity index is 1.47. The van der Waals surface area contributed by atoms with E-state index in [0.717, 1.165) is 21.9 Å². The smallest absolute Gasteiger partial charge is 0.231 e. The summed E-state index contributed by atoms with van der Waals surface area (Å²) in [6.45, 7) is 0. The highest BCUT2D eigenvalue weighted by Gasteiger charge is 2.17. The topological polar surface area (TPSA) is 127 Å². The van der Waals surface area contributed by atoms with Crippen LogP contribution in [0.15, 0.2) is 71.3 Å². The molecule has 0 aliphatic heterocycles. The Kier molecular flexibility index (Phi) is 4.87. The third kappa shape index (κ3) is 3.81. The summed E-state index contributed by atoms with van der Waals surface area (Å²) in [7, 11) is 0. The summed E-state index contributed by atoms with van der Waals surface area (Å²) in [5.74, 6) is -0.339. The molecular weight excluding hydrogens is 406 g/mol. The van der Waals surface area contributed by atoms with Gasteiger partial charge in [0.25, 0.3) is 0 Å². The molecule has 5 aromatic rings. The molecule has 8 nitrogen and oxygen atoms in total. The Labute approximate surface area is 182 Å². The molecule has 0 unspecified atom stereocenters. The third-order valence-electron chi connectivity index (χ3n) is 5.16. The molecule has 0 fully saturated rings. The van der Waals surface area contributed by atoms with Crippen molar-refractivity contribution < 1.29 is 14.0 Å².